The molecule has 0 saturated carbocycles. The molecule has 0 aliphatic rings. The van der Waals surface area contributed by atoms with E-state index >= 15 is 0 Å². The van der Waals surface area contributed by atoms with Crippen LogP contribution < -0.4 is 26.8 Å². The Morgan fingerprint density at radius 1 is 0.920 bits per heavy atom. The van der Waals surface area contributed by atoms with Gasteiger partial charge < -0.3 is 16.0 Å². The van der Waals surface area contributed by atoms with Crippen LogP contribution in [0.15, 0.2) is 34.5 Å². The predicted molar refractivity (Wildman–Crippen MR) is 110 cm³/mol. The first-order valence-corrected chi connectivity index (χ1v) is 8.14. The molecule has 0 bridgehead atoms. The number of hydrogen-bond donors (Lipinski definition) is 5. The molecule has 0 radical (unpaired) electrons. The summed E-state index contributed by atoms with van der Waals surface area (Å²) in [7, 11) is 3.39. The molecular formula is C15H21N7OS2. The van der Waals surface area contributed by atoms with Crippen molar-refractivity contribution in [3.8, 4) is 0 Å². The van der Waals surface area contributed by atoms with Crippen molar-refractivity contribution in [2.24, 2.45) is 10.2 Å². The maximum Gasteiger partial charge on any atom is 0.221 e. The Morgan fingerprint density at radius 2 is 1.44 bits per heavy atom. The van der Waals surface area contributed by atoms with Gasteiger partial charge in [-0.2, -0.15) is 10.2 Å². The van der Waals surface area contributed by atoms with Crippen LogP contribution in [0.4, 0.5) is 5.69 Å². The van der Waals surface area contributed by atoms with Gasteiger partial charge in [-0.1, -0.05) is 12.1 Å². The van der Waals surface area contributed by atoms with Crippen molar-refractivity contribution in [1.29, 1.82) is 0 Å². The third kappa shape index (κ3) is 7.23. The largest absolute Gasteiger partial charge is 0.364 e. The summed E-state index contributed by atoms with van der Waals surface area (Å²) in [6, 6.07) is 7.20. The molecule has 134 valence electrons. The zero-order valence-corrected chi connectivity index (χ0v) is 16.1. The van der Waals surface area contributed by atoms with E-state index < -0.39 is 0 Å². The Morgan fingerprint density at radius 3 is 1.92 bits per heavy atom. The van der Waals surface area contributed by atoms with Crippen LogP contribution in [0.5, 0.6) is 0 Å². The fraction of sp³-hybridized carbons (Fsp3) is 0.267. The van der Waals surface area contributed by atoms with E-state index in [0.717, 1.165) is 5.56 Å². The lowest BCUT2D eigenvalue weighted by Crippen LogP contribution is -2.32. The molecule has 0 aromatic heterocycles. The molecule has 0 fully saturated rings. The highest BCUT2D eigenvalue weighted by molar-refractivity contribution is 7.80. The molecule has 0 unspecified atom stereocenters. The number of nitrogens with one attached hydrogen (secondary N) is 5. The van der Waals surface area contributed by atoms with Gasteiger partial charge in [0.2, 0.25) is 5.91 Å². The van der Waals surface area contributed by atoms with E-state index in [2.05, 4.69) is 37.0 Å². The van der Waals surface area contributed by atoms with Gasteiger partial charge in [-0.15, -0.1) is 0 Å². The zero-order chi connectivity index (χ0) is 18.8. The molecule has 0 atom stereocenters. The van der Waals surface area contributed by atoms with Crippen molar-refractivity contribution >= 4 is 57.7 Å². The van der Waals surface area contributed by atoms with Crippen molar-refractivity contribution in [2.75, 3.05) is 19.4 Å². The van der Waals surface area contributed by atoms with E-state index in [-0.39, 0.29) is 5.91 Å². The molecular weight excluding hydrogens is 358 g/mol. The minimum atomic E-state index is -0.134. The number of benzene rings is 1. The van der Waals surface area contributed by atoms with Crippen molar-refractivity contribution < 1.29 is 4.79 Å². The zero-order valence-electron chi connectivity index (χ0n) is 14.4. The molecule has 1 aromatic rings. The van der Waals surface area contributed by atoms with Crippen molar-refractivity contribution in [3.05, 3.63) is 29.8 Å². The van der Waals surface area contributed by atoms with Crippen molar-refractivity contribution in [1.82, 2.24) is 21.5 Å². The molecule has 8 nitrogen and oxygen atoms in total. The number of nitrogens with zero attached hydrogens (tertiary/aromatic N) is 2. The highest BCUT2D eigenvalue weighted by Gasteiger charge is 2.09. The summed E-state index contributed by atoms with van der Waals surface area (Å²) in [5, 5.41) is 17.5. The van der Waals surface area contributed by atoms with E-state index in [9.17, 15) is 4.79 Å². The Balaban J connectivity index is 3.11. The first kappa shape index (κ1) is 20.5. The van der Waals surface area contributed by atoms with Crippen molar-refractivity contribution in [2.45, 2.75) is 13.8 Å². The molecule has 1 amide bonds. The average molecular weight is 380 g/mol. The molecule has 0 aliphatic carbocycles. The van der Waals surface area contributed by atoms with Crippen LogP contribution >= 0.6 is 24.4 Å². The van der Waals surface area contributed by atoms with Gasteiger partial charge in [0.1, 0.15) is 5.71 Å². The van der Waals surface area contributed by atoms with Crippen LogP contribution in [0.2, 0.25) is 0 Å². The third-order valence-electron chi connectivity index (χ3n) is 2.87. The van der Waals surface area contributed by atoms with Gasteiger partial charge in [-0.05, 0) is 43.5 Å². The van der Waals surface area contributed by atoms with Gasteiger partial charge in [0.05, 0.1) is 5.71 Å². The summed E-state index contributed by atoms with van der Waals surface area (Å²) in [6.45, 7) is 3.24. The normalized spacial score (nSPS) is 11.4. The van der Waals surface area contributed by atoms with Crippen LogP contribution in [0.1, 0.15) is 19.4 Å². The molecule has 0 spiro atoms. The molecule has 5 N–H and O–H groups in total. The average Bonchev–Trinajstić information content (AvgIpc) is 2.60. The lowest BCUT2D eigenvalue weighted by molar-refractivity contribution is -0.114. The number of thiocarbonyl (C=S) groups is 2. The summed E-state index contributed by atoms with van der Waals surface area (Å²) in [4.78, 5) is 11.1. The molecule has 1 rings (SSSR count). The standard InChI is InChI=1S/C15H21N7OS2/c1-9(19-21-14(24)16-3)13(20-22-15(25)17-4)11-5-7-12(8-6-11)18-10(2)23/h5-8H,1-4H3,(H,18,23)(H2,16,21,24)(H2,17,22,25). The van der Waals surface area contributed by atoms with Crippen LogP contribution in [0.25, 0.3) is 0 Å². The fourth-order valence-corrected chi connectivity index (χ4v) is 1.77. The van der Waals surface area contributed by atoms with Gasteiger partial charge in [0.25, 0.3) is 0 Å². The van der Waals surface area contributed by atoms with Crippen LogP contribution in [0.3, 0.4) is 0 Å². The second kappa shape index (κ2) is 10.3. The van der Waals surface area contributed by atoms with Gasteiger partial charge in [0.15, 0.2) is 10.2 Å². The Bertz CT molecular complexity index is 698. The summed E-state index contributed by atoms with van der Waals surface area (Å²) in [6.07, 6.45) is 0. The number of hydrazone groups is 2. The number of carbonyl (C=O) groups excluding carboxylic acids is 1. The number of hydrogen-bond acceptors (Lipinski definition) is 5. The minimum absolute atomic E-state index is 0.134. The Labute approximate surface area is 157 Å². The molecule has 0 heterocycles. The topological polar surface area (TPSA) is 102 Å². The first-order chi connectivity index (χ1) is 11.9. The van der Waals surface area contributed by atoms with E-state index in [1.54, 1.807) is 33.2 Å². The molecule has 0 saturated heterocycles. The second-order valence-electron chi connectivity index (χ2n) is 4.80. The smallest absolute Gasteiger partial charge is 0.221 e. The lowest BCUT2D eigenvalue weighted by Gasteiger charge is -2.10. The van der Waals surface area contributed by atoms with Gasteiger partial charge in [0, 0.05) is 32.3 Å². The fourth-order valence-electron chi connectivity index (χ4n) is 1.68. The molecule has 0 aliphatic heterocycles. The van der Waals surface area contributed by atoms with E-state index in [1.165, 1.54) is 6.92 Å². The van der Waals surface area contributed by atoms with Gasteiger partial charge >= 0.3 is 0 Å². The molecule has 25 heavy (non-hydrogen) atoms. The number of rotatable bonds is 5. The Hall–Kier alpha value is -2.59. The first-order valence-electron chi connectivity index (χ1n) is 7.33. The summed E-state index contributed by atoms with van der Waals surface area (Å²) < 4.78 is 0. The van der Waals surface area contributed by atoms with E-state index in [1.807, 2.05) is 12.1 Å². The summed E-state index contributed by atoms with van der Waals surface area (Å²) in [5.41, 5.74) is 8.10. The predicted octanol–water partition coefficient (Wildman–Crippen LogP) is 0.913. The third-order valence-corrected chi connectivity index (χ3v) is 3.46. The highest BCUT2D eigenvalue weighted by Crippen LogP contribution is 2.11. The maximum atomic E-state index is 11.1. The lowest BCUT2D eigenvalue weighted by atomic mass is 10.1. The minimum Gasteiger partial charge on any atom is -0.364 e. The van der Waals surface area contributed by atoms with E-state index in [0.29, 0.717) is 27.3 Å². The number of amides is 1. The van der Waals surface area contributed by atoms with Crippen LogP contribution in [-0.4, -0.2) is 41.7 Å². The van der Waals surface area contributed by atoms with Crippen LogP contribution in [-0.2, 0) is 4.79 Å². The molecule has 1 aromatic carbocycles. The quantitative estimate of drug-likeness (QED) is 0.294. The monoisotopic (exact) mass is 379 g/mol. The van der Waals surface area contributed by atoms with E-state index in [4.69, 9.17) is 24.4 Å². The SMILES string of the molecule is CNC(=S)NN=C(C)C(=NNC(=S)NC)c1ccc(NC(C)=O)cc1. The Kier molecular flexibility index (Phi) is 8.44. The number of carbonyl (C=O) groups is 1. The van der Waals surface area contributed by atoms with Crippen molar-refractivity contribution in [3.63, 3.8) is 0 Å². The highest BCUT2D eigenvalue weighted by atomic mass is 32.1. The maximum absolute atomic E-state index is 11.1. The summed E-state index contributed by atoms with van der Waals surface area (Å²) >= 11 is 10.0. The summed E-state index contributed by atoms with van der Waals surface area (Å²) in [5.74, 6) is -0.134. The molecule has 10 heteroatoms. The van der Waals surface area contributed by atoms with Crippen LogP contribution in [0, 0.1) is 0 Å². The second-order valence-corrected chi connectivity index (χ2v) is 5.61. The van der Waals surface area contributed by atoms with Gasteiger partial charge in [-0.3, -0.25) is 15.6 Å². The van der Waals surface area contributed by atoms with Gasteiger partial charge in [-0.25, -0.2) is 0 Å². The number of anilines is 1.